The lowest BCUT2D eigenvalue weighted by molar-refractivity contribution is 0.104. The van der Waals surface area contributed by atoms with E-state index in [1.54, 1.807) is 0 Å². The highest BCUT2D eigenvalue weighted by molar-refractivity contribution is 8.13. The zero-order chi connectivity index (χ0) is 13.2. The first kappa shape index (κ1) is 13.8. The lowest BCUT2D eigenvalue weighted by atomic mass is 10.1. The lowest BCUT2D eigenvalue weighted by Gasteiger charge is -2.09. The molecule has 2 heterocycles. The van der Waals surface area contributed by atoms with Gasteiger partial charge in [-0.25, -0.2) is 8.42 Å². The van der Waals surface area contributed by atoms with Crippen molar-refractivity contribution in [3.8, 4) is 0 Å². The number of ether oxygens (including phenoxy) is 1. The van der Waals surface area contributed by atoms with Crippen LogP contribution in [-0.2, 0) is 26.8 Å². The minimum Gasteiger partial charge on any atom is -0.378 e. The number of aryl methyl sites for hydroxylation is 1. The third-order valence-corrected chi connectivity index (χ3v) is 4.19. The Morgan fingerprint density at radius 1 is 1.50 bits per heavy atom. The molecule has 0 radical (unpaired) electrons. The minimum atomic E-state index is -3.83. The molecule has 0 aromatic carbocycles. The van der Waals surface area contributed by atoms with Crippen molar-refractivity contribution in [1.29, 1.82) is 0 Å². The highest BCUT2D eigenvalue weighted by atomic mass is 35.7. The molecule has 1 aromatic rings. The molecule has 8 heteroatoms. The molecule has 1 aromatic heterocycles. The summed E-state index contributed by atoms with van der Waals surface area (Å²) in [6.45, 7) is 3.13. The monoisotopic (exact) mass is 293 g/mol. The van der Waals surface area contributed by atoms with Gasteiger partial charge in [0, 0.05) is 30.3 Å². The lowest BCUT2D eigenvalue weighted by Crippen LogP contribution is -2.11. The minimum absolute atomic E-state index is 0.172. The van der Waals surface area contributed by atoms with Crippen molar-refractivity contribution in [2.45, 2.75) is 50.4 Å². The zero-order valence-electron chi connectivity index (χ0n) is 10.2. The van der Waals surface area contributed by atoms with E-state index in [4.69, 9.17) is 15.4 Å². The smallest absolute Gasteiger partial charge is 0.296 e. The fraction of sp³-hybridized carbons (Fsp3) is 0.800. The Labute approximate surface area is 111 Å². The number of rotatable bonds is 5. The Bertz CT molecular complexity index is 508. The van der Waals surface area contributed by atoms with Crippen molar-refractivity contribution >= 4 is 19.7 Å². The number of halogens is 1. The van der Waals surface area contributed by atoms with E-state index >= 15 is 0 Å². The first-order chi connectivity index (χ1) is 8.52. The summed E-state index contributed by atoms with van der Waals surface area (Å²) < 4.78 is 29.7. The van der Waals surface area contributed by atoms with E-state index in [0.29, 0.717) is 18.8 Å². The summed E-state index contributed by atoms with van der Waals surface area (Å²) in [6.07, 6.45) is 3.88. The normalized spacial score (nSPS) is 20.4. The molecule has 0 bridgehead atoms. The maximum Gasteiger partial charge on any atom is 0.296 e. The van der Waals surface area contributed by atoms with Crippen molar-refractivity contribution in [1.82, 2.24) is 14.8 Å². The Morgan fingerprint density at radius 3 is 2.83 bits per heavy atom. The van der Waals surface area contributed by atoms with Gasteiger partial charge in [0.2, 0.25) is 0 Å². The van der Waals surface area contributed by atoms with E-state index in [1.807, 2.05) is 6.92 Å². The predicted octanol–water partition coefficient (Wildman–Crippen LogP) is 1.34. The number of nitrogens with zero attached hydrogens (tertiary/aromatic N) is 3. The number of hydrogen-bond donors (Lipinski definition) is 0. The van der Waals surface area contributed by atoms with Crippen LogP contribution in [0.4, 0.5) is 0 Å². The second-order valence-electron chi connectivity index (χ2n) is 4.25. The van der Waals surface area contributed by atoms with Gasteiger partial charge in [0.05, 0.1) is 6.10 Å². The van der Waals surface area contributed by atoms with Crippen molar-refractivity contribution in [2.75, 3.05) is 6.61 Å². The van der Waals surface area contributed by atoms with Crippen LogP contribution in [0, 0.1) is 0 Å². The van der Waals surface area contributed by atoms with Gasteiger partial charge in [-0.3, -0.25) is 0 Å². The molecule has 1 unspecified atom stereocenters. The van der Waals surface area contributed by atoms with E-state index in [-0.39, 0.29) is 11.3 Å². The molecule has 0 spiro atoms. The molecular weight excluding hydrogens is 278 g/mol. The van der Waals surface area contributed by atoms with Crippen LogP contribution >= 0.6 is 10.7 Å². The van der Waals surface area contributed by atoms with E-state index < -0.39 is 9.05 Å². The van der Waals surface area contributed by atoms with Crippen LogP contribution < -0.4 is 0 Å². The summed E-state index contributed by atoms with van der Waals surface area (Å²) in [4.78, 5) is 0. The average molecular weight is 294 g/mol. The molecule has 1 fully saturated rings. The van der Waals surface area contributed by atoms with Crippen molar-refractivity contribution in [3.05, 3.63) is 5.82 Å². The summed E-state index contributed by atoms with van der Waals surface area (Å²) in [5, 5.41) is 7.39. The maximum absolute atomic E-state index is 11.3. The third kappa shape index (κ3) is 3.02. The standard InChI is InChI=1S/C10H16ClN3O3S/c1-2-14-9(6-5-8-4-3-7-17-8)12-13-10(14)18(11,15)16/h8H,2-7H2,1H3. The van der Waals surface area contributed by atoms with Crippen LogP contribution in [0.15, 0.2) is 5.16 Å². The van der Waals surface area contributed by atoms with Gasteiger partial charge in [-0.15, -0.1) is 10.2 Å². The van der Waals surface area contributed by atoms with Crippen LogP contribution in [0.2, 0.25) is 0 Å². The summed E-state index contributed by atoms with van der Waals surface area (Å²) in [5.41, 5.74) is 0. The molecule has 6 nitrogen and oxygen atoms in total. The summed E-state index contributed by atoms with van der Waals surface area (Å²) in [5.74, 6) is 0.646. The topological polar surface area (TPSA) is 74.1 Å². The van der Waals surface area contributed by atoms with Crippen LogP contribution in [0.5, 0.6) is 0 Å². The fourth-order valence-corrected chi connectivity index (χ4v) is 3.14. The summed E-state index contributed by atoms with van der Waals surface area (Å²) >= 11 is 0. The van der Waals surface area contributed by atoms with Gasteiger partial charge in [-0.05, 0) is 26.2 Å². The van der Waals surface area contributed by atoms with Crippen LogP contribution in [-0.4, -0.2) is 35.9 Å². The zero-order valence-corrected chi connectivity index (χ0v) is 11.7. The van der Waals surface area contributed by atoms with Gasteiger partial charge in [-0.1, -0.05) is 0 Å². The Kier molecular flexibility index (Phi) is 4.24. The van der Waals surface area contributed by atoms with Crippen LogP contribution in [0.1, 0.15) is 32.0 Å². The molecule has 1 atom stereocenters. The fourth-order valence-electron chi connectivity index (χ4n) is 2.16. The van der Waals surface area contributed by atoms with Crippen molar-refractivity contribution in [2.24, 2.45) is 0 Å². The maximum atomic E-state index is 11.3. The van der Waals surface area contributed by atoms with Crippen molar-refractivity contribution in [3.63, 3.8) is 0 Å². The largest absolute Gasteiger partial charge is 0.378 e. The molecule has 0 aliphatic carbocycles. The van der Waals surface area contributed by atoms with Gasteiger partial charge >= 0.3 is 0 Å². The van der Waals surface area contributed by atoms with E-state index in [0.717, 1.165) is 25.9 Å². The second kappa shape index (κ2) is 5.54. The molecule has 1 aliphatic heterocycles. The highest BCUT2D eigenvalue weighted by Gasteiger charge is 2.23. The first-order valence-corrected chi connectivity index (χ1v) is 8.31. The van der Waals surface area contributed by atoms with E-state index in [9.17, 15) is 8.42 Å². The summed E-state index contributed by atoms with van der Waals surface area (Å²) in [7, 11) is 1.48. The van der Waals surface area contributed by atoms with Gasteiger partial charge in [0.1, 0.15) is 5.82 Å². The Morgan fingerprint density at radius 2 is 2.28 bits per heavy atom. The summed E-state index contributed by atoms with van der Waals surface area (Å²) in [6, 6.07) is 0. The molecule has 2 rings (SSSR count). The van der Waals surface area contributed by atoms with Crippen molar-refractivity contribution < 1.29 is 13.2 Å². The second-order valence-corrected chi connectivity index (χ2v) is 6.71. The molecule has 102 valence electrons. The molecule has 1 aliphatic rings. The quantitative estimate of drug-likeness (QED) is 0.766. The average Bonchev–Trinajstić information content (AvgIpc) is 2.94. The molecule has 1 saturated heterocycles. The van der Waals surface area contributed by atoms with Gasteiger partial charge < -0.3 is 9.30 Å². The molecule has 0 saturated carbocycles. The number of aromatic nitrogens is 3. The first-order valence-electron chi connectivity index (χ1n) is 6.00. The molecule has 0 N–H and O–H groups in total. The molecular formula is C10H16ClN3O3S. The van der Waals surface area contributed by atoms with E-state index in [2.05, 4.69) is 10.2 Å². The van der Waals surface area contributed by atoms with Crippen LogP contribution in [0.25, 0.3) is 0 Å². The van der Waals surface area contributed by atoms with E-state index in [1.165, 1.54) is 4.57 Å². The number of hydrogen-bond acceptors (Lipinski definition) is 5. The molecule has 0 amide bonds. The predicted molar refractivity (Wildman–Crippen MR) is 66.0 cm³/mol. The Balaban J connectivity index is 2.10. The van der Waals surface area contributed by atoms with Gasteiger partial charge in [0.15, 0.2) is 0 Å². The van der Waals surface area contributed by atoms with Gasteiger partial charge in [-0.2, -0.15) is 0 Å². The molecule has 18 heavy (non-hydrogen) atoms. The van der Waals surface area contributed by atoms with Crippen LogP contribution in [0.3, 0.4) is 0 Å². The van der Waals surface area contributed by atoms with Gasteiger partial charge in [0.25, 0.3) is 14.2 Å². The third-order valence-electron chi connectivity index (χ3n) is 3.04. The highest BCUT2D eigenvalue weighted by Crippen LogP contribution is 2.19. The SMILES string of the molecule is CCn1c(CCC2CCCO2)nnc1S(=O)(=O)Cl. The Hall–Kier alpha value is -0.660.